The van der Waals surface area contributed by atoms with E-state index in [1.165, 1.54) is 7.05 Å². The summed E-state index contributed by atoms with van der Waals surface area (Å²) in [7, 11) is 1.45. The lowest BCUT2D eigenvalue weighted by molar-refractivity contribution is 0.0864. The summed E-state index contributed by atoms with van der Waals surface area (Å²) < 4.78 is 5.42. The van der Waals surface area contributed by atoms with Crippen LogP contribution in [0.15, 0.2) is 24.3 Å². The van der Waals surface area contributed by atoms with Crippen molar-refractivity contribution in [2.45, 2.75) is 0 Å². The van der Waals surface area contributed by atoms with Crippen molar-refractivity contribution in [2.75, 3.05) is 20.2 Å². The Morgan fingerprint density at radius 3 is 2.85 bits per heavy atom. The lowest BCUT2D eigenvalue weighted by Crippen LogP contribution is -2.38. The van der Waals surface area contributed by atoms with Crippen LogP contribution in [0.1, 0.15) is 10.5 Å². The number of H-pyrrole nitrogens is 1. The van der Waals surface area contributed by atoms with E-state index >= 15 is 0 Å². The van der Waals surface area contributed by atoms with E-state index in [1.807, 2.05) is 12.1 Å². The fraction of sp³-hybridized carbons (Fsp3) is 0.231. The molecule has 0 unspecified atom stereocenters. The number of fused-ring (bicyclic) bond motifs is 1. The Balaban J connectivity index is 2.29. The summed E-state index contributed by atoms with van der Waals surface area (Å²) in [4.78, 5) is 16.1. The van der Waals surface area contributed by atoms with Crippen LogP contribution in [0.5, 0.6) is 5.75 Å². The number of nitrogens with two attached hydrogens (primary N) is 2. The fourth-order valence-corrected chi connectivity index (χ4v) is 1.78. The largest absolute Gasteiger partial charge is 0.492 e. The average Bonchev–Trinajstić information content (AvgIpc) is 2.86. The van der Waals surface area contributed by atoms with Crippen LogP contribution in [0.2, 0.25) is 0 Å². The van der Waals surface area contributed by atoms with Gasteiger partial charge in [0.05, 0.1) is 0 Å². The van der Waals surface area contributed by atoms with Crippen molar-refractivity contribution in [3.05, 3.63) is 30.0 Å². The Labute approximate surface area is 116 Å². The summed E-state index contributed by atoms with van der Waals surface area (Å²) in [5.41, 5.74) is 11.8. The van der Waals surface area contributed by atoms with Gasteiger partial charge >= 0.3 is 0 Å². The number of nitrogens with one attached hydrogen (secondary N) is 2. The number of benzene rings is 1. The van der Waals surface area contributed by atoms with Crippen molar-refractivity contribution in [2.24, 2.45) is 11.5 Å². The molecule has 2 aromatic rings. The van der Waals surface area contributed by atoms with Gasteiger partial charge in [0.1, 0.15) is 18.1 Å². The van der Waals surface area contributed by atoms with Gasteiger partial charge in [0.15, 0.2) is 5.96 Å². The summed E-state index contributed by atoms with van der Waals surface area (Å²) in [5.74, 6) is 0.0162. The fourth-order valence-electron chi connectivity index (χ4n) is 1.78. The van der Waals surface area contributed by atoms with Crippen molar-refractivity contribution >= 4 is 22.8 Å². The van der Waals surface area contributed by atoms with Crippen LogP contribution in [0, 0.1) is 5.41 Å². The van der Waals surface area contributed by atoms with E-state index in [2.05, 4.69) is 4.98 Å². The second-order valence-electron chi connectivity index (χ2n) is 4.32. The Morgan fingerprint density at radius 1 is 1.45 bits per heavy atom. The minimum atomic E-state index is -0.363. The molecule has 1 aromatic carbocycles. The number of amides is 1. The van der Waals surface area contributed by atoms with Gasteiger partial charge in [-0.2, -0.15) is 0 Å². The van der Waals surface area contributed by atoms with Gasteiger partial charge in [-0.25, -0.2) is 0 Å². The first kappa shape index (κ1) is 13.9. The van der Waals surface area contributed by atoms with Crippen LogP contribution in [0.4, 0.5) is 0 Å². The molecule has 7 heteroatoms. The average molecular weight is 275 g/mol. The normalized spacial score (nSPS) is 10.5. The minimum Gasteiger partial charge on any atom is -0.492 e. The van der Waals surface area contributed by atoms with Crippen LogP contribution < -0.4 is 16.2 Å². The zero-order valence-corrected chi connectivity index (χ0v) is 11.1. The van der Waals surface area contributed by atoms with Gasteiger partial charge < -0.3 is 21.2 Å². The molecule has 0 fully saturated rings. The Hall–Kier alpha value is -2.54. The second-order valence-corrected chi connectivity index (χ2v) is 4.32. The number of nitrogens with zero attached hydrogens (tertiary/aromatic N) is 1. The summed E-state index contributed by atoms with van der Waals surface area (Å²) in [6.45, 7) is 0.876. The highest BCUT2D eigenvalue weighted by molar-refractivity contribution is 6.05. The van der Waals surface area contributed by atoms with Gasteiger partial charge in [-0.3, -0.25) is 15.1 Å². The van der Waals surface area contributed by atoms with Crippen molar-refractivity contribution in [3.63, 3.8) is 0 Å². The topological polar surface area (TPSA) is 121 Å². The van der Waals surface area contributed by atoms with E-state index in [4.69, 9.17) is 21.6 Å². The molecule has 0 aliphatic carbocycles. The Bertz CT molecular complexity index is 649. The lowest BCUT2D eigenvalue weighted by atomic mass is 10.2. The van der Waals surface area contributed by atoms with E-state index in [1.54, 1.807) is 12.1 Å². The number of carbonyl (C=O) groups is 1. The molecular formula is C13H17N5O2. The predicted octanol–water partition coefficient (Wildman–Crippen LogP) is 0.471. The first-order chi connectivity index (χ1) is 9.52. The molecule has 106 valence electrons. The molecule has 0 spiro atoms. The molecule has 0 atom stereocenters. The summed E-state index contributed by atoms with van der Waals surface area (Å²) in [6, 6.07) is 7.18. The maximum atomic E-state index is 12.0. The zero-order chi connectivity index (χ0) is 14.7. The number of ether oxygens (including phenoxy) is 1. The van der Waals surface area contributed by atoms with E-state index in [0.29, 0.717) is 24.6 Å². The van der Waals surface area contributed by atoms with Gasteiger partial charge in [0, 0.05) is 30.6 Å². The molecule has 0 aliphatic heterocycles. The van der Waals surface area contributed by atoms with Gasteiger partial charge in [0.25, 0.3) is 5.91 Å². The Kier molecular flexibility index (Phi) is 3.90. The van der Waals surface area contributed by atoms with E-state index in [9.17, 15) is 4.79 Å². The maximum absolute atomic E-state index is 12.0. The molecular weight excluding hydrogens is 258 g/mol. The molecule has 1 amide bonds. The zero-order valence-electron chi connectivity index (χ0n) is 11.1. The van der Waals surface area contributed by atoms with Crippen LogP contribution >= 0.6 is 0 Å². The lowest BCUT2D eigenvalue weighted by Gasteiger charge is -2.12. The van der Waals surface area contributed by atoms with Crippen molar-refractivity contribution in [3.8, 4) is 5.75 Å². The number of rotatable bonds is 4. The molecule has 6 N–H and O–H groups in total. The number of hydrogen-bond acceptors (Lipinski definition) is 4. The quantitative estimate of drug-likeness (QED) is 0.478. The van der Waals surface area contributed by atoms with Gasteiger partial charge in [0.2, 0.25) is 0 Å². The van der Waals surface area contributed by atoms with Crippen molar-refractivity contribution < 1.29 is 9.53 Å². The first-order valence-electron chi connectivity index (χ1n) is 6.10. The van der Waals surface area contributed by atoms with Crippen LogP contribution in [0.25, 0.3) is 10.9 Å². The summed E-state index contributed by atoms with van der Waals surface area (Å²) in [5, 5.41) is 8.14. The van der Waals surface area contributed by atoms with Gasteiger partial charge in [-0.1, -0.05) is 0 Å². The van der Waals surface area contributed by atoms with E-state index in [0.717, 1.165) is 15.8 Å². The monoisotopic (exact) mass is 275 g/mol. The van der Waals surface area contributed by atoms with Crippen molar-refractivity contribution in [1.29, 1.82) is 5.41 Å². The molecule has 20 heavy (non-hydrogen) atoms. The molecule has 0 bridgehead atoms. The predicted molar refractivity (Wildman–Crippen MR) is 76.9 cm³/mol. The third-order valence-electron chi connectivity index (χ3n) is 2.88. The standard InChI is InChI=1S/C13H17N5O2/c1-18(13(15)16)12(19)11-6-8-2-3-9(20-5-4-14)7-10(8)17-11/h2-3,6-7,17H,4-5,14H2,1H3,(H3,15,16). The third kappa shape index (κ3) is 2.72. The highest BCUT2D eigenvalue weighted by Gasteiger charge is 2.16. The SMILES string of the molecule is CN(C(=N)N)C(=O)c1cc2ccc(OCCN)cc2[nH]1. The molecule has 0 radical (unpaired) electrons. The Morgan fingerprint density at radius 2 is 2.20 bits per heavy atom. The maximum Gasteiger partial charge on any atom is 0.276 e. The number of hydrogen-bond donors (Lipinski definition) is 4. The third-order valence-corrected chi connectivity index (χ3v) is 2.88. The van der Waals surface area contributed by atoms with Crippen LogP contribution in [0.3, 0.4) is 0 Å². The minimum absolute atomic E-state index is 0.305. The molecule has 0 aliphatic rings. The highest BCUT2D eigenvalue weighted by atomic mass is 16.5. The number of guanidine groups is 1. The molecule has 1 heterocycles. The second kappa shape index (κ2) is 5.62. The molecule has 0 saturated heterocycles. The smallest absolute Gasteiger partial charge is 0.276 e. The van der Waals surface area contributed by atoms with Crippen LogP contribution in [-0.4, -0.2) is 41.9 Å². The number of carbonyl (C=O) groups excluding carboxylic acids is 1. The number of aromatic nitrogens is 1. The van der Waals surface area contributed by atoms with Gasteiger partial charge in [-0.15, -0.1) is 0 Å². The highest BCUT2D eigenvalue weighted by Crippen LogP contribution is 2.22. The first-order valence-corrected chi connectivity index (χ1v) is 6.10. The summed E-state index contributed by atoms with van der Waals surface area (Å²) in [6.07, 6.45) is 0. The number of aromatic amines is 1. The van der Waals surface area contributed by atoms with E-state index < -0.39 is 0 Å². The van der Waals surface area contributed by atoms with Gasteiger partial charge in [-0.05, 0) is 18.2 Å². The molecule has 7 nitrogen and oxygen atoms in total. The van der Waals surface area contributed by atoms with Crippen molar-refractivity contribution in [1.82, 2.24) is 9.88 Å². The molecule has 1 aromatic heterocycles. The van der Waals surface area contributed by atoms with E-state index in [-0.39, 0.29) is 11.9 Å². The summed E-state index contributed by atoms with van der Waals surface area (Å²) >= 11 is 0. The molecule has 0 saturated carbocycles. The van der Waals surface area contributed by atoms with Crippen LogP contribution in [-0.2, 0) is 0 Å². The molecule has 2 rings (SSSR count).